The highest BCUT2D eigenvalue weighted by atomic mass is 35.5. The Bertz CT molecular complexity index is 675. The van der Waals surface area contributed by atoms with Crippen LogP contribution >= 0.6 is 34.5 Å². The predicted molar refractivity (Wildman–Crippen MR) is 75.7 cm³/mol. The van der Waals surface area contributed by atoms with Crippen molar-refractivity contribution in [2.24, 2.45) is 0 Å². The molecule has 0 unspecified atom stereocenters. The summed E-state index contributed by atoms with van der Waals surface area (Å²) in [6.45, 7) is 0. The molecule has 0 aliphatic heterocycles. The highest BCUT2D eigenvalue weighted by Crippen LogP contribution is 2.25. The van der Waals surface area contributed by atoms with Gasteiger partial charge in [0.05, 0.1) is 23.4 Å². The zero-order chi connectivity index (χ0) is 14.7. The summed E-state index contributed by atoms with van der Waals surface area (Å²) in [4.78, 5) is 23.3. The third-order valence-electron chi connectivity index (χ3n) is 2.23. The molecule has 0 aliphatic carbocycles. The Labute approximate surface area is 127 Å². The lowest BCUT2D eigenvalue weighted by Gasteiger charge is -2.07. The maximum absolute atomic E-state index is 11.9. The third kappa shape index (κ3) is 3.24. The second kappa shape index (κ2) is 6.17. The van der Waals surface area contributed by atoms with E-state index in [0.717, 1.165) is 11.3 Å². The van der Waals surface area contributed by atoms with Crippen LogP contribution in [0.25, 0.3) is 0 Å². The van der Waals surface area contributed by atoms with Gasteiger partial charge in [-0.1, -0.05) is 22.9 Å². The Kier molecular flexibility index (Phi) is 4.53. The molecule has 1 amide bonds. The van der Waals surface area contributed by atoms with Crippen molar-refractivity contribution in [2.45, 2.75) is 0 Å². The molecular weight excluding hydrogens is 325 g/mol. The summed E-state index contributed by atoms with van der Waals surface area (Å²) in [7, 11) is 1.26. The minimum atomic E-state index is -0.531. The van der Waals surface area contributed by atoms with E-state index < -0.39 is 11.9 Å². The zero-order valence-electron chi connectivity index (χ0n) is 10.0. The van der Waals surface area contributed by atoms with Gasteiger partial charge in [0.2, 0.25) is 9.47 Å². The molecule has 0 spiro atoms. The number of amides is 1. The summed E-state index contributed by atoms with van der Waals surface area (Å²) in [5.74, 6) is -1.05. The molecule has 0 fully saturated rings. The number of rotatable bonds is 3. The number of hydrogen-bond donors (Lipinski definition) is 1. The lowest BCUT2D eigenvalue weighted by atomic mass is 10.2. The maximum Gasteiger partial charge on any atom is 0.337 e. The van der Waals surface area contributed by atoms with Gasteiger partial charge in [0.1, 0.15) is 0 Å². The average Bonchev–Trinajstić information content (AvgIpc) is 2.87. The lowest BCUT2D eigenvalue weighted by molar-refractivity contribution is 0.0600. The van der Waals surface area contributed by atoms with Crippen molar-refractivity contribution in [1.29, 1.82) is 0 Å². The molecule has 20 heavy (non-hydrogen) atoms. The summed E-state index contributed by atoms with van der Waals surface area (Å²) in [6, 6.07) is 4.39. The van der Waals surface area contributed by atoms with Gasteiger partial charge in [0.25, 0.3) is 5.91 Å². The van der Waals surface area contributed by atoms with Gasteiger partial charge in [-0.2, -0.15) is 0 Å². The minimum absolute atomic E-state index is 0.0922. The average molecular weight is 332 g/mol. The van der Waals surface area contributed by atoms with Gasteiger partial charge in [0.15, 0.2) is 0 Å². The first-order chi connectivity index (χ1) is 9.51. The van der Waals surface area contributed by atoms with Crippen LogP contribution in [0.15, 0.2) is 18.2 Å². The van der Waals surface area contributed by atoms with Crippen molar-refractivity contribution in [3.05, 3.63) is 38.3 Å². The Balaban J connectivity index is 2.24. The normalized spacial score (nSPS) is 10.2. The first-order valence-corrected chi connectivity index (χ1v) is 6.76. The second-order valence-corrected chi connectivity index (χ2v) is 5.47. The summed E-state index contributed by atoms with van der Waals surface area (Å²) >= 11 is 12.5. The third-order valence-corrected chi connectivity index (χ3v) is 3.58. The van der Waals surface area contributed by atoms with Gasteiger partial charge >= 0.3 is 5.97 Å². The number of anilines is 1. The van der Waals surface area contributed by atoms with Crippen molar-refractivity contribution in [1.82, 2.24) is 10.2 Å². The van der Waals surface area contributed by atoms with E-state index in [0.29, 0.717) is 0 Å². The van der Waals surface area contributed by atoms with E-state index in [2.05, 4.69) is 20.3 Å². The molecule has 0 aliphatic rings. The SMILES string of the molecule is COC(=O)c1ccc(Cl)c(NC(=O)c2nnc(Cl)s2)c1. The molecule has 6 nitrogen and oxygen atoms in total. The van der Waals surface area contributed by atoms with E-state index in [1.165, 1.54) is 25.3 Å². The standard InChI is InChI=1S/C11H7Cl2N3O3S/c1-19-10(18)5-2-3-6(12)7(4-5)14-8(17)9-15-16-11(13)20-9/h2-4H,1H3,(H,14,17). The van der Waals surface area contributed by atoms with Gasteiger partial charge < -0.3 is 10.1 Å². The Morgan fingerprint density at radius 3 is 2.65 bits per heavy atom. The van der Waals surface area contributed by atoms with Gasteiger partial charge in [-0.05, 0) is 29.8 Å². The molecule has 1 heterocycles. The molecule has 104 valence electrons. The number of carbonyl (C=O) groups is 2. The highest BCUT2D eigenvalue weighted by molar-refractivity contribution is 7.17. The summed E-state index contributed by atoms with van der Waals surface area (Å²) in [6.07, 6.45) is 0. The smallest absolute Gasteiger partial charge is 0.337 e. The van der Waals surface area contributed by atoms with E-state index in [1.807, 2.05) is 0 Å². The van der Waals surface area contributed by atoms with Crippen LogP contribution in [0.3, 0.4) is 0 Å². The van der Waals surface area contributed by atoms with Crippen LogP contribution in [0.2, 0.25) is 9.49 Å². The van der Waals surface area contributed by atoms with Crippen LogP contribution in [0.4, 0.5) is 5.69 Å². The number of aromatic nitrogens is 2. The van der Waals surface area contributed by atoms with Gasteiger partial charge in [-0.25, -0.2) is 4.79 Å². The largest absolute Gasteiger partial charge is 0.465 e. The number of nitrogens with one attached hydrogen (secondary N) is 1. The van der Waals surface area contributed by atoms with Crippen LogP contribution in [-0.4, -0.2) is 29.2 Å². The van der Waals surface area contributed by atoms with Gasteiger partial charge in [-0.3, -0.25) is 4.79 Å². The molecule has 2 aromatic rings. The number of carbonyl (C=O) groups excluding carboxylic acids is 2. The van der Waals surface area contributed by atoms with E-state index in [9.17, 15) is 9.59 Å². The fraction of sp³-hybridized carbons (Fsp3) is 0.0909. The van der Waals surface area contributed by atoms with Crippen LogP contribution < -0.4 is 5.32 Å². The van der Waals surface area contributed by atoms with Crippen molar-refractivity contribution in [2.75, 3.05) is 12.4 Å². The molecular formula is C11H7Cl2N3O3S. The zero-order valence-corrected chi connectivity index (χ0v) is 12.3. The first-order valence-electron chi connectivity index (χ1n) is 5.19. The number of hydrogen-bond acceptors (Lipinski definition) is 6. The molecule has 1 aromatic carbocycles. The van der Waals surface area contributed by atoms with Crippen molar-refractivity contribution in [3.63, 3.8) is 0 Å². The summed E-state index contributed by atoms with van der Waals surface area (Å²) < 4.78 is 4.75. The molecule has 0 atom stereocenters. The maximum atomic E-state index is 11.9. The Morgan fingerprint density at radius 2 is 2.05 bits per heavy atom. The molecule has 0 radical (unpaired) electrons. The number of ether oxygens (including phenoxy) is 1. The quantitative estimate of drug-likeness (QED) is 0.874. The van der Waals surface area contributed by atoms with E-state index >= 15 is 0 Å². The number of halogens is 2. The monoisotopic (exact) mass is 331 g/mol. The van der Waals surface area contributed by atoms with Crippen LogP contribution in [0.1, 0.15) is 20.2 Å². The minimum Gasteiger partial charge on any atom is -0.465 e. The molecule has 1 aromatic heterocycles. The second-order valence-electron chi connectivity index (χ2n) is 3.50. The number of nitrogens with zero attached hydrogens (tertiary/aromatic N) is 2. The number of methoxy groups -OCH3 is 1. The van der Waals surface area contributed by atoms with Crippen molar-refractivity contribution >= 4 is 52.1 Å². The summed E-state index contributed by atoms with van der Waals surface area (Å²) in [5, 5.41) is 10.0. The topological polar surface area (TPSA) is 81.2 Å². The Morgan fingerprint density at radius 1 is 1.30 bits per heavy atom. The van der Waals surface area contributed by atoms with Gasteiger partial charge in [0, 0.05) is 0 Å². The molecule has 1 N–H and O–H groups in total. The van der Waals surface area contributed by atoms with E-state index in [-0.39, 0.29) is 25.7 Å². The van der Waals surface area contributed by atoms with Gasteiger partial charge in [-0.15, -0.1) is 10.2 Å². The fourth-order valence-corrected chi connectivity index (χ4v) is 2.23. The molecule has 0 saturated carbocycles. The molecule has 0 bridgehead atoms. The van der Waals surface area contributed by atoms with Crippen molar-refractivity contribution in [3.8, 4) is 0 Å². The van der Waals surface area contributed by atoms with Crippen LogP contribution in [0, 0.1) is 0 Å². The van der Waals surface area contributed by atoms with E-state index in [4.69, 9.17) is 23.2 Å². The first kappa shape index (κ1) is 14.7. The molecule has 2 rings (SSSR count). The predicted octanol–water partition coefficient (Wildman–Crippen LogP) is 2.88. The number of benzene rings is 1. The lowest BCUT2D eigenvalue weighted by Crippen LogP contribution is -2.13. The fourth-order valence-electron chi connectivity index (χ4n) is 1.34. The van der Waals surface area contributed by atoms with Crippen LogP contribution in [-0.2, 0) is 4.74 Å². The molecule has 0 saturated heterocycles. The van der Waals surface area contributed by atoms with Crippen molar-refractivity contribution < 1.29 is 14.3 Å². The molecule has 9 heteroatoms. The highest BCUT2D eigenvalue weighted by Gasteiger charge is 2.15. The number of esters is 1. The van der Waals surface area contributed by atoms with Crippen LogP contribution in [0.5, 0.6) is 0 Å². The Hall–Kier alpha value is -1.70. The van der Waals surface area contributed by atoms with E-state index in [1.54, 1.807) is 0 Å². The summed E-state index contributed by atoms with van der Waals surface area (Å²) in [5.41, 5.74) is 0.536.